The highest BCUT2D eigenvalue weighted by atomic mass is 32.1. The summed E-state index contributed by atoms with van der Waals surface area (Å²) in [4.78, 5) is 10.8. The van der Waals surface area contributed by atoms with Crippen molar-refractivity contribution in [2.24, 2.45) is 0 Å². The van der Waals surface area contributed by atoms with Gasteiger partial charge < -0.3 is 4.74 Å². The summed E-state index contributed by atoms with van der Waals surface area (Å²) < 4.78 is 4.25. The topological polar surface area (TPSA) is 26.3 Å². The number of cyclic esters (lactones) is 1. The van der Waals surface area contributed by atoms with Crippen molar-refractivity contribution in [1.82, 2.24) is 0 Å². The number of thiol groups is 1. The van der Waals surface area contributed by atoms with Crippen molar-refractivity contribution in [2.45, 2.75) is 24.5 Å². The van der Waals surface area contributed by atoms with Crippen LogP contribution >= 0.6 is 12.6 Å². The summed E-state index contributed by atoms with van der Waals surface area (Å²) in [7, 11) is 0. The molecule has 0 radical (unpaired) electrons. The molecule has 1 fully saturated rings. The Bertz CT molecular complexity index is 131. The molecule has 0 aromatic heterocycles. The summed E-state index contributed by atoms with van der Waals surface area (Å²) in [6.07, 6.45) is 1.76. The summed E-state index contributed by atoms with van der Waals surface area (Å²) in [5.41, 5.74) is 0. The number of hydrogen-bond donors (Lipinski definition) is 1. The van der Waals surface area contributed by atoms with E-state index in [9.17, 15) is 4.79 Å². The Balaban J connectivity index is 2.60. The maximum atomic E-state index is 10.8. The molecule has 1 heterocycles. The summed E-state index contributed by atoms with van der Waals surface area (Å²) >= 11 is 4.14. The minimum absolute atomic E-state index is 0.183. The van der Waals surface area contributed by atoms with Gasteiger partial charge in [-0.2, -0.15) is 12.6 Å². The van der Waals surface area contributed by atoms with Crippen LogP contribution in [0.4, 0.5) is 0 Å². The van der Waals surface area contributed by atoms with Gasteiger partial charge in [-0.25, -0.2) is 0 Å². The molecule has 1 unspecified atom stereocenters. The first-order valence-corrected chi connectivity index (χ1v) is 3.47. The number of rotatable bonds is 0. The third-order valence-corrected chi connectivity index (χ3v) is 1.89. The first kappa shape index (κ1) is 6.93. The zero-order valence-corrected chi connectivity index (χ0v) is 6.28. The predicted octanol–water partition coefficient (Wildman–Crippen LogP) is 1.01. The average Bonchev–Trinajstić information content (AvgIpc) is 1.77. The molecular formula is C6H10O2S. The number of carbonyl (C=O) groups is 1. The fourth-order valence-electron chi connectivity index (χ4n) is 0.839. The predicted molar refractivity (Wildman–Crippen MR) is 37.6 cm³/mol. The van der Waals surface area contributed by atoms with Crippen molar-refractivity contribution >= 4 is 18.6 Å². The molecule has 3 heteroatoms. The Hall–Kier alpha value is -0.180. The fraction of sp³-hybridized carbons (Fsp3) is 0.833. The van der Waals surface area contributed by atoms with E-state index < -0.39 is 4.75 Å². The number of esters is 1. The maximum absolute atomic E-state index is 10.8. The molecule has 52 valence electrons. The van der Waals surface area contributed by atoms with Gasteiger partial charge in [0.1, 0.15) is 4.75 Å². The second-order valence-corrected chi connectivity index (χ2v) is 3.50. The van der Waals surface area contributed by atoms with Gasteiger partial charge in [0.25, 0.3) is 0 Å². The van der Waals surface area contributed by atoms with Gasteiger partial charge in [-0.05, 0) is 19.8 Å². The first-order valence-electron chi connectivity index (χ1n) is 3.02. The molecular weight excluding hydrogens is 136 g/mol. The van der Waals surface area contributed by atoms with E-state index in [1.807, 2.05) is 0 Å². The minimum atomic E-state index is -0.530. The second-order valence-electron chi connectivity index (χ2n) is 2.51. The van der Waals surface area contributed by atoms with Crippen LogP contribution in [0.5, 0.6) is 0 Å². The highest BCUT2D eigenvalue weighted by molar-refractivity contribution is 7.82. The van der Waals surface area contributed by atoms with Crippen molar-refractivity contribution in [3.63, 3.8) is 0 Å². The zero-order chi connectivity index (χ0) is 6.91. The van der Waals surface area contributed by atoms with Crippen molar-refractivity contribution in [1.29, 1.82) is 0 Å². The number of carbonyl (C=O) groups excluding carboxylic acids is 1. The average molecular weight is 146 g/mol. The van der Waals surface area contributed by atoms with E-state index in [0.29, 0.717) is 6.61 Å². The van der Waals surface area contributed by atoms with Crippen LogP contribution in [0.25, 0.3) is 0 Å². The Kier molecular flexibility index (Phi) is 1.70. The quantitative estimate of drug-likeness (QED) is 0.408. The van der Waals surface area contributed by atoms with Gasteiger partial charge in [-0.3, -0.25) is 4.79 Å². The molecule has 1 atom stereocenters. The first-order chi connectivity index (χ1) is 4.13. The van der Waals surface area contributed by atoms with Crippen LogP contribution in [0.2, 0.25) is 0 Å². The molecule has 1 rings (SSSR count). The van der Waals surface area contributed by atoms with E-state index in [1.54, 1.807) is 6.92 Å². The van der Waals surface area contributed by atoms with Gasteiger partial charge in [0.15, 0.2) is 0 Å². The Morgan fingerprint density at radius 1 is 1.78 bits per heavy atom. The standard InChI is InChI=1S/C6H10O2S/c1-6(9)3-2-4-8-5(6)7/h9H,2-4H2,1H3. The Labute approximate surface area is 60.0 Å². The highest BCUT2D eigenvalue weighted by Gasteiger charge is 2.33. The molecule has 1 saturated heterocycles. The SMILES string of the molecule is CC1(S)CCCOC1=O. The molecule has 0 N–H and O–H groups in total. The molecule has 1 aliphatic rings. The molecule has 1 aliphatic heterocycles. The van der Waals surface area contributed by atoms with Gasteiger partial charge >= 0.3 is 5.97 Å². The molecule has 0 spiro atoms. The van der Waals surface area contributed by atoms with Gasteiger partial charge in [-0.1, -0.05) is 0 Å². The van der Waals surface area contributed by atoms with Gasteiger partial charge in [0.05, 0.1) is 6.61 Å². The van der Waals surface area contributed by atoms with E-state index in [0.717, 1.165) is 12.8 Å². The summed E-state index contributed by atoms with van der Waals surface area (Å²) in [5, 5.41) is 0. The lowest BCUT2D eigenvalue weighted by atomic mass is 10.0. The smallest absolute Gasteiger partial charge is 0.321 e. The second kappa shape index (κ2) is 2.21. The van der Waals surface area contributed by atoms with Crippen molar-refractivity contribution in [3.05, 3.63) is 0 Å². The van der Waals surface area contributed by atoms with Gasteiger partial charge in [0, 0.05) is 0 Å². The molecule has 0 bridgehead atoms. The van der Waals surface area contributed by atoms with E-state index >= 15 is 0 Å². The normalized spacial score (nSPS) is 36.0. The summed E-state index contributed by atoms with van der Waals surface area (Å²) in [5.74, 6) is -0.183. The third-order valence-electron chi connectivity index (χ3n) is 1.48. The fourth-order valence-corrected chi connectivity index (χ4v) is 1.06. The monoisotopic (exact) mass is 146 g/mol. The molecule has 0 aromatic carbocycles. The summed E-state index contributed by atoms with van der Waals surface area (Å²) in [6.45, 7) is 2.35. The molecule has 2 nitrogen and oxygen atoms in total. The number of hydrogen-bond acceptors (Lipinski definition) is 3. The van der Waals surface area contributed by atoms with Crippen LogP contribution in [0.15, 0.2) is 0 Å². The van der Waals surface area contributed by atoms with E-state index in [2.05, 4.69) is 12.6 Å². The molecule has 9 heavy (non-hydrogen) atoms. The Morgan fingerprint density at radius 3 is 2.78 bits per heavy atom. The van der Waals surface area contributed by atoms with Crippen molar-refractivity contribution < 1.29 is 9.53 Å². The largest absolute Gasteiger partial charge is 0.465 e. The lowest BCUT2D eigenvalue weighted by Gasteiger charge is -2.25. The van der Waals surface area contributed by atoms with E-state index in [-0.39, 0.29) is 5.97 Å². The van der Waals surface area contributed by atoms with Crippen LogP contribution in [-0.4, -0.2) is 17.3 Å². The van der Waals surface area contributed by atoms with Gasteiger partial charge in [0.2, 0.25) is 0 Å². The third kappa shape index (κ3) is 1.39. The van der Waals surface area contributed by atoms with Crippen LogP contribution in [0.3, 0.4) is 0 Å². The molecule has 0 aliphatic carbocycles. The molecule has 0 aromatic rings. The summed E-state index contributed by atoms with van der Waals surface area (Å²) in [6, 6.07) is 0. The number of ether oxygens (including phenoxy) is 1. The molecule has 0 amide bonds. The van der Waals surface area contributed by atoms with Crippen LogP contribution in [0, 0.1) is 0 Å². The van der Waals surface area contributed by atoms with Crippen LogP contribution in [-0.2, 0) is 9.53 Å². The lowest BCUT2D eigenvalue weighted by Crippen LogP contribution is -2.35. The lowest BCUT2D eigenvalue weighted by molar-refractivity contribution is -0.149. The van der Waals surface area contributed by atoms with Crippen LogP contribution in [0.1, 0.15) is 19.8 Å². The van der Waals surface area contributed by atoms with Gasteiger partial charge in [-0.15, -0.1) is 0 Å². The Morgan fingerprint density at radius 2 is 2.44 bits per heavy atom. The maximum Gasteiger partial charge on any atom is 0.321 e. The zero-order valence-electron chi connectivity index (χ0n) is 5.39. The molecule has 0 saturated carbocycles. The van der Waals surface area contributed by atoms with Crippen molar-refractivity contribution in [3.8, 4) is 0 Å². The highest BCUT2D eigenvalue weighted by Crippen LogP contribution is 2.25. The van der Waals surface area contributed by atoms with Crippen molar-refractivity contribution in [2.75, 3.05) is 6.61 Å². The van der Waals surface area contributed by atoms with E-state index in [4.69, 9.17) is 4.74 Å². The van der Waals surface area contributed by atoms with E-state index in [1.165, 1.54) is 0 Å². The minimum Gasteiger partial charge on any atom is -0.465 e. The van der Waals surface area contributed by atoms with Crippen LogP contribution < -0.4 is 0 Å².